The van der Waals surface area contributed by atoms with Crippen LogP contribution in [0.25, 0.3) is 0 Å². The number of amides is 1. The Morgan fingerprint density at radius 2 is 0.850 bits per heavy atom. The maximum atomic E-state index is 13.2. The lowest BCUT2D eigenvalue weighted by Crippen LogP contribution is -2.46. The minimum absolute atomic E-state index is 0.0608. The summed E-state index contributed by atoms with van der Waals surface area (Å²) in [6.07, 6.45) is 55.3. The Morgan fingerprint density at radius 3 is 1.27 bits per heavy atom. The molecule has 0 saturated carbocycles. The summed E-state index contributed by atoms with van der Waals surface area (Å²) in [5.74, 6) is -0.540. The predicted molar refractivity (Wildman–Crippen MR) is 260 cm³/mol. The third kappa shape index (κ3) is 43.0. The van der Waals surface area contributed by atoms with E-state index in [1.54, 1.807) is 0 Å². The van der Waals surface area contributed by atoms with Gasteiger partial charge in [0.25, 0.3) is 0 Å². The Balaban J connectivity index is 4.54. The van der Waals surface area contributed by atoms with Gasteiger partial charge in [0, 0.05) is 6.42 Å². The zero-order valence-electron chi connectivity index (χ0n) is 40.4. The quantitative estimate of drug-likeness (QED) is 0.0322. The predicted octanol–water partition coefficient (Wildman–Crippen LogP) is 15.9. The average molecular weight is 846 g/mol. The topological polar surface area (TPSA) is 95.9 Å². The summed E-state index contributed by atoms with van der Waals surface area (Å²) in [5.41, 5.74) is 0. The highest BCUT2D eigenvalue weighted by molar-refractivity contribution is 5.77. The Kier molecular flexibility index (Phi) is 47.0. The van der Waals surface area contributed by atoms with Gasteiger partial charge in [0.15, 0.2) is 0 Å². The largest absolute Gasteiger partial charge is 0.462 e. The molecule has 3 N–H and O–H groups in total. The van der Waals surface area contributed by atoms with Crippen molar-refractivity contribution in [2.24, 2.45) is 0 Å². The van der Waals surface area contributed by atoms with E-state index in [1.807, 2.05) is 0 Å². The molecule has 0 spiro atoms. The van der Waals surface area contributed by atoms with Gasteiger partial charge in [0.05, 0.1) is 25.2 Å². The number of carbonyl (C=O) groups is 2. The minimum atomic E-state index is -0.792. The number of nitrogens with one attached hydrogen (secondary N) is 1. The van der Waals surface area contributed by atoms with Gasteiger partial charge in [-0.3, -0.25) is 9.59 Å². The van der Waals surface area contributed by atoms with E-state index in [4.69, 9.17) is 4.74 Å². The zero-order valence-corrected chi connectivity index (χ0v) is 40.4. The Bertz CT molecular complexity index is 950. The molecule has 3 atom stereocenters. The number of aliphatic hydroxyl groups is 2. The van der Waals surface area contributed by atoms with Crippen molar-refractivity contribution in [2.45, 2.75) is 302 Å². The lowest BCUT2D eigenvalue weighted by Gasteiger charge is -2.24. The maximum absolute atomic E-state index is 13.2. The molecule has 354 valence electrons. The van der Waals surface area contributed by atoms with Crippen LogP contribution in [-0.2, 0) is 14.3 Å². The molecule has 0 heterocycles. The number of allylic oxidation sites excluding steroid dienone is 4. The fourth-order valence-electron chi connectivity index (χ4n) is 8.25. The van der Waals surface area contributed by atoms with Crippen molar-refractivity contribution >= 4 is 11.9 Å². The first-order valence-corrected chi connectivity index (χ1v) is 26.6. The van der Waals surface area contributed by atoms with E-state index in [0.29, 0.717) is 25.7 Å². The minimum Gasteiger partial charge on any atom is -0.462 e. The van der Waals surface area contributed by atoms with Gasteiger partial charge in [-0.15, -0.1) is 0 Å². The van der Waals surface area contributed by atoms with Crippen molar-refractivity contribution in [1.29, 1.82) is 0 Å². The molecule has 0 fully saturated rings. The van der Waals surface area contributed by atoms with E-state index < -0.39 is 18.2 Å². The Labute approximate surface area is 373 Å². The summed E-state index contributed by atoms with van der Waals surface area (Å²) < 4.78 is 5.89. The number of aliphatic hydroxyl groups excluding tert-OH is 2. The van der Waals surface area contributed by atoms with Crippen molar-refractivity contribution in [2.75, 3.05) is 6.61 Å². The summed E-state index contributed by atoms with van der Waals surface area (Å²) >= 11 is 0. The molecule has 60 heavy (non-hydrogen) atoms. The summed E-state index contributed by atoms with van der Waals surface area (Å²) in [4.78, 5) is 26.1. The van der Waals surface area contributed by atoms with Gasteiger partial charge in [0.1, 0.15) is 6.10 Å². The normalized spacial score (nSPS) is 13.3. The fourth-order valence-corrected chi connectivity index (χ4v) is 8.25. The van der Waals surface area contributed by atoms with Gasteiger partial charge in [0.2, 0.25) is 5.91 Å². The highest BCUT2D eigenvalue weighted by Crippen LogP contribution is 2.18. The molecule has 0 aromatic rings. The van der Waals surface area contributed by atoms with E-state index in [1.165, 1.54) is 193 Å². The molecule has 6 heteroatoms. The maximum Gasteiger partial charge on any atom is 0.306 e. The summed E-state index contributed by atoms with van der Waals surface area (Å²) in [6, 6.07) is -0.707. The van der Waals surface area contributed by atoms with Crippen LogP contribution in [0.15, 0.2) is 24.3 Å². The zero-order chi connectivity index (χ0) is 43.8. The molecule has 0 aliphatic heterocycles. The second-order valence-electron chi connectivity index (χ2n) is 18.3. The number of carbonyl (C=O) groups excluding carboxylic acids is 2. The van der Waals surface area contributed by atoms with E-state index in [0.717, 1.165) is 38.5 Å². The van der Waals surface area contributed by atoms with Crippen LogP contribution in [0.4, 0.5) is 0 Å². The van der Waals surface area contributed by atoms with Crippen LogP contribution in [0.3, 0.4) is 0 Å². The number of hydrogen-bond donors (Lipinski definition) is 3. The molecule has 0 radical (unpaired) electrons. The third-order valence-electron chi connectivity index (χ3n) is 12.3. The number of unbranched alkanes of at least 4 members (excludes halogenated alkanes) is 32. The number of rotatable bonds is 48. The highest BCUT2D eigenvalue weighted by Gasteiger charge is 2.24. The smallest absolute Gasteiger partial charge is 0.306 e. The molecular formula is C54H103NO5. The van der Waals surface area contributed by atoms with E-state index in [2.05, 4.69) is 50.4 Å². The van der Waals surface area contributed by atoms with Crippen molar-refractivity contribution in [3.8, 4) is 0 Å². The second-order valence-corrected chi connectivity index (χ2v) is 18.3. The van der Waals surface area contributed by atoms with E-state index in [-0.39, 0.29) is 24.9 Å². The molecule has 0 saturated heterocycles. The SMILES string of the molecule is CCCCCCCC/C=C\C/C=C/CCC(=O)OC(CCCCCCCCCCCCCC)CC(=O)NC(CO)C(O)CCCCCCCCCCCCCCCCCC. The van der Waals surface area contributed by atoms with Gasteiger partial charge in [-0.2, -0.15) is 0 Å². The molecule has 3 unspecified atom stereocenters. The van der Waals surface area contributed by atoms with Crippen LogP contribution < -0.4 is 5.32 Å². The van der Waals surface area contributed by atoms with Crippen LogP contribution in [0, 0.1) is 0 Å². The number of ether oxygens (including phenoxy) is 1. The number of esters is 1. The lowest BCUT2D eigenvalue weighted by molar-refractivity contribution is -0.150. The first-order valence-electron chi connectivity index (χ1n) is 26.6. The van der Waals surface area contributed by atoms with Gasteiger partial charge >= 0.3 is 5.97 Å². The van der Waals surface area contributed by atoms with E-state index in [9.17, 15) is 19.8 Å². The average Bonchev–Trinajstić information content (AvgIpc) is 3.24. The van der Waals surface area contributed by atoms with E-state index >= 15 is 0 Å². The third-order valence-corrected chi connectivity index (χ3v) is 12.3. The first-order chi connectivity index (χ1) is 29.5. The molecule has 1 amide bonds. The fraction of sp³-hybridized carbons (Fsp3) is 0.889. The van der Waals surface area contributed by atoms with Crippen LogP contribution in [0.1, 0.15) is 284 Å². The highest BCUT2D eigenvalue weighted by atomic mass is 16.5. The molecular weight excluding hydrogens is 743 g/mol. The molecule has 6 nitrogen and oxygen atoms in total. The molecule has 0 aliphatic rings. The molecule has 0 bridgehead atoms. The first kappa shape index (κ1) is 58.3. The number of hydrogen-bond acceptors (Lipinski definition) is 5. The van der Waals surface area contributed by atoms with Gasteiger partial charge in [-0.25, -0.2) is 0 Å². The second kappa shape index (κ2) is 48.4. The molecule has 0 aliphatic carbocycles. The van der Waals surface area contributed by atoms with Crippen LogP contribution in [0.2, 0.25) is 0 Å². The summed E-state index contributed by atoms with van der Waals surface area (Å²) in [7, 11) is 0. The molecule has 0 rings (SSSR count). The van der Waals surface area contributed by atoms with Crippen LogP contribution >= 0.6 is 0 Å². The van der Waals surface area contributed by atoms with Gasteiger partial charge < -0.3 is 20.3 Å². The van der Waals surface area contributed by atoms with Crippen molar-refractivity contribution in [3.05, 3.63) is 24.3 Å². The lowest BCUT2D eigenvalue weighted by atomic mass is 10.0. The Hall–Kier alpha value is -1.66. The molecule has 0 aromatic carbocycles. The van der Waals surface area contributed by atoms with Crippen LogP contribution in [-0.4, -0.2) is 46.9 Å². The van der Waals surface area contributed by atoms with Crippen molar-refractivity contribution < 1.29 is 24.5 Å². The van der Waals surface area contributed by atoms with Crippen molar-refractivity contribution in [1.82, 2.24) is 5.32 Å². The summed E-state index contributed by atoms with van der Waals surface area (Å²) in [5, 5.41) is 23.8. The standard InChI is InChI=1S/C54H103NO5/c1-4-7-10-13-16-19-22-25-26-27-29-31-34-37-40-43-46-52(57)51(49-56)55-53(58)48-50(45-42-39-36-33-30-24-21-18-15-12-9-6-3)60-54(59)47-44-41-38-35-32-28-23-20-17-14-11-8-5-2/h28,32,38,41,50-52,56-57H,4-27,29-31,33-37,39-40,42-49H2,1-3H3,(H,55,58)/b32-28-,41-38+. The van der Waals surface area contributed by atoms with Gasteiger partial charge in [-0.05, 0) is 44.9 Å². The summed E-state index contributed by atoms with van der Waals surface area (Å²) in [6.45, 7) is 6.48. The van der Waals surface area contributed by atoms with Crippen molar-refractivity contribution in [3.63, 3.8) is 0 Å². The molecule has 0 aromatic heterocycles. The monoisotopic (exact) mass is 846 g/mol. The van der Waals surface area contributed by atoms with Crippen LogP contribution in [0.5, 0.6) is 0 Å². The Morgan fingerprint density at radius 1 is 0.483 bits per heavy atom. The van der Waals surface area contributed by atoms with Gasteiger partial charge in [-0.1, -0.05) is 251 Å².